The van der Waals surface area contributed by atoms with E-state index in [1.165, 1.54) is 15.4 Å². The Morgan fingerprint density at radius 3 is 2.65 bits per heavy atom. The Morgan fingerprint density at radius 2 is 2.04 bits per heavy atom. The molecule has 0 radical (unpaired) electrons. The highest BCUT2D eigenvalue weighted by Gasteiger charge is 2.04. The van der Waals surface area contributed by atoms with Crippen molar-refractivity contribution in [2.75, 3.05) is 20.1 Å². The van der Waals surface area contributed by atoms with Gasteiger partial charge < -0.3 is 10.6 Å². The lowest BCUT2D eigenvalue weighted by atomic mass is 10.4. The molecule has 0 fully saturated rings. The summed E-state index contributed by atoms with van der Waals surface area (Å²) in [6.07, 6.45) is 5.88. The molecule has 0 aliphatic rings. The zero-order valence-corrected chi connectivity index (χ0v) is 15.2. The Bertz CT molecular complexity index is 623. The van der Waals surface area contributed by atoms with Crippen LogP contribution in [0, 0.1) is 20.8 Å². The molecule has 6 nitrogen and oxygen atoms in total. The van der Waals surface area contributed by atoms with Crippen molar-refractivity contribution in [1.82, 2.24) is 25.4 Å². The molecular weight excluding hydrogens is 308 g/mol. The molecule has 126 valence electrons. The van der Waals surface area contributed by atoms with Crippen molar-refractivity contribution in [2.24, 2.45) is 4.99 Å². The number of aromatic nitrogens is 3. The number of guanidine groups is 1. The Kier molecular flexibility index (Phi) is 6.58. The minimum Gasteiger partial charge on any atom is -0.356 e. The van der Waals surface area contributed by atoms with Crippen molar-refractivity contribution >= 4 is 17.3 Å². The first-order chi connectivity index (χ1) is 11.1. The molecule has 0 aliphatic carbocycles. The predicted molar refractivity (Wildman–Crippen MR) is 96.2 cm³/mol. The quantitative estimate of drug-likeness (QED) is 0.462. The number of nitrogens with one attached hydrogen (secondary N) is 2. The average Bonchev–Trinajstić information content (AvgIpc) is 3.07. The maximum atomic E-state index is 4.55. The van der Waals surface area contributed by atoms with Crippen LogP contribution in [0.1, 0.15) is 27.6 Å². The summed E-state index contributed by atoms with van der Waals surface area (Å²) in [5, 5.41) is 12.1. The second kappa shape index (κ2) is 8.67. The van der Waals surface area contributed by atoms with Crippen molar-refractivity contribution < 1.29 is 0 Å². The van der Waals surface area contributed by atoms with Crippen LogP contribution in [0.2, 0.25) is 0 Å². The van der Waals surface area contributed by atoms with E-state index in [-0.39, 0.29) is 0 Å². The molecule has 2 rings (SSSR count). The number of aryl methyl sites for hydroxylation is 4. The van der Waals surface area contributed by atoms with Gasteiger partial charge in [0, 0.05) is 44.2 Å². The van der Waals surface area contributed by atoms with Gasteiger partial charge in [0.25, 0.3) is 0 Å². The molecule has 23 heavy (non-hydrogen) atoms. The van der Waals surface area contributed by atoms with Gasteiger partial charge in [-0.2, -0.15) is 5.10 Å². The number of hydrogen-bond acceptors (Lipinski definition) is 4. The van der Waals surface area contributed by atoms with E-state index in [2.05, 4.69) is 52.7 Å². The maximum Gasteiger partial charge on any atom is 0.190 e. The standard InChI is InChI=1S/C16H26N6S/c1-12-10-20-22(11-12)9-5-7-18-16(17-4)19-8-6-15-21-13(2)14(3)23-15/h10-11H,5-9H2,1-4H3,(H2,17,18,19). The van der Waals surface area contributed by atoms with Crippen LogP contribution in [-0.2, 0) is 13.0 Å². The summed E-state index contributed by atoms with van der Waals surface area (Å²) in [4.78, 5) is 10.1. The van der Waals surface area contributed by atoms with Crippen molar-refractivity contribution in [1.29, 1.82) is 0 Å². The number of thiazole rings is 1. The van der Waals surface area contributed by atoms with E-state index in [9.17, 15) is 0 Å². The van der Waals surface area contributed by atoms with Crippen molar-refractivity contribution in [2.45, 2.75) is 40.2 Å². The fraction of sp³-hybridized carbons (Fsp3) is 0.562. The molecule has 0 amide bonds. The van der Waals surface area contributed by atoms with Gasteiger partial charge in [0.05, 0.1) is 16.9 Å². The average molecular weight is 334 g/mol. The second-order valence-electron chi connectivity index (χ2n) is 5.56. The molecule has 0 saturated heterocycles. The van der Waals surface area contributed by atoms with E-state index in [1.54, 1.807) is 18.4 Å². The van der Waals surface area contributed by atoms with Gasteiger partial charge in [-0.1, -0.05) is 0 Å². The van der Waals surface area contributed by atoms with Crippen LogP contribution >= 0.6 is 11.3 Å². The van der Waals surface area contributed by atoms with E-state index < -0.39 is 0 Å². The largest absolute Gasteiger partial charge is 0.356 e. The van der Waals surface area contributed by atoms with Gasteiger partial charge in [0.1, 0.15) is 0 Å². The topological polar surface area (TPSA) is 67.1 Å². The van der Waals surface area contributed by atoms with E-state index in [0.29, 0.717) is 0 Å². The molecular formula is C16H26N6S. The lowest BCUT2D eigenvalue weighted by Gasteiger charge is -2.11. The summed E-state index contributed by atoms with van der Waals surface area (Å²) in [6.45, 7) is 8.85. The number of hydrogen-bond donors (Lipinski definition) is 2. The summed E-state index contributed by atoms with van der Waals surface area (Å²) in [5.74, 6) is 0.839. The SMILES string of the molecule is CN=C(NCCCn1cc(C)cn1)NCCc1nc(C)c(C)s1. The van der Waals surface area contributed by atoms with Gasteiger partial charge in [-0.05, 0) is 32.8 Å². The second-order valence-corrected chi connectivity index (χ2v) is 6.85. The number of aliphatic imine (C=N–C) groups is 1. The molecule has 0 spiro atoms. The van der Waals surface area contributed by atoms with Crippen LogP contribution in [0.25, 0.3) is 0 Å². The highest BCUT2D eigenvalue weighted by molar-refractivity contribution is 7.11. The fourth-order valence-electron chi connectivity index (χ4n) is 2.19. The highest BCUT2D eigenvalue weighted by Crippen LogP contribution is 2.16. The van der Waals surface area contributed by atoms with Gasteiger partial charge >= 0.3 is 0 Å². The van der Waals surface area contributed by atoms with Crippen LogP contribution in [0.4, 0.5) is 0 Å². The van der Waals surface area contributed by atoms with Gasteiger partial charge in [-0.3, -0.25) is 9.67 Å². The van der Waals surface area contributed by atoms with Crippen molar-refractivity contribution in [3.63, 3.8) is 0 Å². The van der Waals surface area contributed by atoms with Gasteiger partial charge in [0.15, 0.2) is 5.96 Å². The lowest BCUT2D eigenvalue weighted by Crippen LogP contribution is -2.39. The molecule has 0 atom stereocenters. The van der Waals surface area contributed by atoms with E-state index in [4.69, 9.17) is 0 Å². The Labute approximate surface area is 142 Å². The maximum absolute atomic E-state index is 4.55. The van der Waals surface area contributed by atoms with E-state index in [0.717, 1.165) is 44.1 Å². The molecule has 2 aromatic heterocycles. The molecule has 0 saturated carbocycles. The Hall–Kier alpha value is -1.89. The van der Waals surface area contributed by atoms with Gasteiger partial charge in [-0.25, -0.2) is 4.98 Å². The van der Waals surface area contributed by atoms with Crippen LogP contribution < -0.4 is 10.6 Å². The molecule has 2 N–H and O–H groups in total. The number of rotatable bonds is 7. The molecule has 0 unspecified atom stereocenters. The first-order valence-corrected chi connectivity index (χ1v) is 8.76. The zero-order valence-electron chi connectivity index (χ0n) is 14.4. The third-order valence-corrected chi connectivity index (χ3v) is 4.68. The molecule has 2 aromatic rings. The highest BCUT2D eigenvalue weighted by atomic mass is 32.1. The van der Waals surface area contributed by atoms with Crippen LogP contribution in [0.15, 0.2) is 17.4 Å². The predicted octanol–water partition coefficient (Wildman–Crippen LogP) is 2.06. The minimum absolute atomic E-state index is 0.838. The van der Waals surface area contributed by atoms with E-state index in [1.807, 2.05) is 10.9 Å². The third kappa shape index (κ3) is 5.67. The fourth-order valence-corrected chi connectivity index (χ4v) is 3.13. The Balaban J connectivity index is 1.63. The molecule has 2 heterocycles. The Morgan fingerprint density at radius 1 is 1.26 bits per heavy atom. The summed E-state index contributed by atoms with van der Waals surface area (Å²) in [7, 11) is 1.80. The summed E-state index contributed by atoms with van der Waals surface area (Å²) in [6, 6.07) is 0. The summed E-state index contributed by atoms with van der Waals surface area (Å²) >= 11 is 1.77. The third-order valence-electron chi connectivity index (χ3n) is 3.55. The molecule has 0 aliphatic heterocycles. The minimum atomic E-state index is 0.838. The van der Waals surface area contributed by atoms with E-state index >= 15 is 0 Å². The first kappa shape index (κ1) is 17.5. The van der Waals surface area contributed by atoms with Crippen LogP contribution in [0.3, 0.4) is 0 Å². The number of nitrogens with zero attached hydrogens (tertiary/aromatic N) is 4. The van der Waals surface area contributed by atoms with Gasteiger partial charge in [-0.15, -0.1) is 11.3 Å². The zero-order chi connectivity index (χ0) is 16.7. The van der Waals surface area contributed by atoms with Gasteiger partial charge in [0.2, 0.25) is 0 Å². The summed E-state index contributed by atoms with van der Waals surface area (Å²) < 4.78 is 1.97. The monoisotopic (exact) mass is 334 g/mol. The first-order valence-electron chi connectivity index (χ1n) is 7.95. The van der Waals surface area contributed by atoms with Crippen LogP contribution in [-0.4, -0.2) is 40.9 Å². The summed E-state index contributed by atoms with van der Waals surface area (Å²) in [5.41, 5.74) is 2.34. The molecule has 7 heteroatoms. The molecule has 0 aromatic carbocycles. The van der Waals surface area contributed by atoms with Crippen molar-refractivity contribution in [3.8, 4) is 0 Å². The molecule has 0 bridgehead atoms. The van der Waals surface area contributed by atoms with Crippen molar-refractivity contribution in [3.05, 3.63) is 33.5 Å². The lowest BCUT2D eigenvalue weighted by molar-refractivity contribution is 0.570. The normalized spacial score (nSPS) is 11.7. The smallest absolute Gasteiger partial charge is 0.190 e. The van der Waals surface area contributed by atoms with Crippen LogP contribution in [0.5, 0.6) is 0 Å².